The van der Waals surface area contributed by atoms with Gasteiger partial charge >= 0.3 is 5.97 Å². The average Bonchev–Trinajstić information content (AvgIpc) is 3.35. The second kappa shape index (κ2) is 19.1. The number of allylic oxidation sites excluding steroid dienone is 2. The molecule has 2 rings (SSSR count). The lowest BCUT2D eigenvalue weighted by molar-refractivity contribution is -0.136. The summed E-state index contributed by atoms with van der Waals surface area (Å²) in [5.41, 5.74) is 2.61. The molecule has 0 aliphatic carbocycles. The van der Waals surface area contributed by atoms with Crippen LogP contribution in [0.2, 0.25) is 0 Å². The Morgan fingerprint density at radius 2 is 1.81 bits per heavy atom. The fourth-order valence-corrected chi connectivity index (χ4v) is 3.39. The van der Waals surface area contributed by atoms with Gasteiger partial charge in [-0.15, -0.1) is 6.58 Å². The molecular weight excluding hydrogens is 455 g/mol. The van der Waals surface area contributed by atoms with Crippen LogP contribution in [-0.2, 0) is 14.3 Å². The van der Waals surface area contributed by atoms with E-state index >= 15 is 0 Å². The second-order valence-electron chi connectivity index (χ2n) is 7.93. The van der Waals surface area contributed by atoms with Crippen molar-refractivity contribution in [1.82, 2.24) is 9.88 Å². The number of nitrogens with one attached hydrogen (secondary N) is 1. The number of fused-ring (bicyclic) bond motifs is 1. The van der Waals surface area contributed by atoms with E-state index in [-0.39, 0.29) is 11.9 Å². The highest BCUT2D eigenvalue weighted by Crippen LogP contribution is 2.25. The molecular formula is C30H45FN2O3. The van der Waals surface area contributed by atoms with Crippen molar-refractivity contribution >= 4 is 28.4 Å². The van der Waals surface area contributed by atoms with E-state index in [1.54, 1.807) is 24.1 Å². The van der Waals surface area contributed by atoms with Gasteiger partial charge in [0.25, 0.3) is 5.91 Å². The van der Waals surface area contributed by atoms with Crippen molar-refractivity contribution in [3.8, 4) is 0 Å². The van der Waals surface area contributed by atoms with E-state index in [0.29, 0.717) is 23.4 Å². The first-order chi connectivity index (χ1) is 17.4. The first kappa shape index (κ1) is 32.8. The Kier molecular flexibility index (Phi) is 17.4. The standard InChI is InChI=1S/C25H34N2O3.C3H5F.C2H6/c1-6-12-20(9-4)27(24(28)18(5)8-3)17-21(25(29)30-15-7-2)23-16-19-13-10-11-14-22(19)26-23;1-2-3-4;1-2/h8,10-11,13-14,16-17,20,26H,6-7,9,12,15H2,1-5H3;2H,1,3H2;1-2H3/b18-8+,21-17+;;. The summed E-state index contributed by atoms with van der Waals surface area (Å²) in [6, 6.07) is 9.80. The number of hydrogen-bond donors (Lipinski definition) is 1. The highest BCUT2D eigenvalue weighted by atomic mass is 19.1. The Balaban J connectivity index is 0.00000185. The van der Waals surface area contributed by atoms with Gasteiger partial charge in [0.1, 0.15) is 6.67 Å². The number of hydrogen-bond acceptors (Lipinski definition) is 3. The van der Waals surface area contributed by atoms with Gasteiger partial charge in [-0.3, -0.25) is 4.79 Å². The Labute approximate surface area is 217 Å². The van der Waals surface area contributed by atoms with E-state index in [2.05, 4.69) is 25.4 Å². The van der Waals surface area contributed by atoms with Crippen molar-refractivity contribution in [2.24, 2.45) is 0 Å². The first-order valence-electron chi connectivity index (χ1n) is 13.0. The van der Waals surface area contributed by atoms with Crippen molar-refractivity contribution in [3.05, 3.63) is 66.5 Å². The maximum Gasteiger partial charge on any atom is 0.341 e. The van der Waals surface area contributed by atoms with Crippen LogP contribution in [-0.4, -0.2) is 41.1 Å². The zero-order valence-corrected chi connectivity index (χ0v) is 23.2. The van der Waals surface area contributed by atoms with Gasteiger partial charge in [-0.1, -0.05) is 71.4 Å². The van der Waals surface area contributed by atoms with E-state index in [0.717, 1.165) is 36.6 Å². The molecule has 1 N–H and O–H groups in total. The highest BCUT2D eigenvalue weighted by molar-refractivity contribution is 6.17. The largest absolute Gasteiger partial charge is 0.462 e. The third kappa shape index (κ3) is 10.2. The molecule has 0 spiro atoms. The van der Waals surface area contributed by atoms with Gasteiger partial charge in [0.15, 0.2) is 0 Å². The minimum absolute atomic E-state index is 0.00996. The lowest BCUT2D eigenvalue weighted by atomic mass is 10.1. The monoisotopic (exact) mass is 500 g/mol. The molecule has 0 fully saturated rings. The number of amides is 1. The second-order valence-corrected chi connectivity index (χ2v) is 7.93. The SMILES string of the molecule is C/C=C(\C)C(=O)N(/C=C(/C(=O)OCCC)c1cc2ccccc2[nH]1)C(CC)CCC.C=CCF.CC. The number of para-hydroxylation sites is 1. The number of nitrogens with zero attached hydrogens (tertiary/aromatic N) is 1. The molecule has 2 aromatic rings. The topological polar surface area (TPSA) is 62.4 Å². The fourth-order valence-electron chi connectivity index (χ4n) is 3.39. The molecule has 0 saturated heterocycles. The molecule has 6 heteroatoms. The Morgan fingerprint density at radius 1 is 1.17 bits per heavy atom. The van der Waals surface area contributed by atoms with Gasteiger partial charge in [0.2, 0.25) is 0 Å². The van der Waals surface area contributed by atoms with Crippen LogP contribution in [0.4, 0.5) is 4.39 Å². The molecule has 1 aromatic carbocycles. The van der Waals surface area contributed by atoms with Crippen molar-refractivity contribution in [2.75, 3.05) is 13.3 Å². The zero-order chi connectivity index (χ0) is 27.5. The number of aromatic amines is 1. The predicted molar refractivity (Wildman–Crippen MR) is 150 cm³/mol. The Hall–Kier alpha value is -3.15. The van der Waals surface area contributed by atoms with Crippen molar-refractivity contribution in [2.45, 2.75) is 80.2 Å². The van der Waals surface area contributed by atoms with Crippen LogP contribution in [0.5, 0.6) is 0 Å². The molecule has 0 saturated carbocycles. The minimum Gasteiger partial charge on any atom is -0.462 e. The molecule has 0 aliphatic rings. The molecule has 200 valence electrons. The van der Waals surface area contributed by atoms with Gasteiger partial charge < -0.3 is 14.6 Å². The Bertz CT molecular complexity index is 958. The number of H-pyrrole nitrogens is 1. The summed E-state index contributed by atoms with van der Waals surface area (Å²) in [5, 5.41) is 1.00. The highest BCUT2D eigenvalue weighted by Gasteiger charge is 2.25. The van der Waals surface area contributed by atoms with Crippen LogP contribution < -0.4 is 0 Å². The van der Waals surface area contributed by atoms with Gasteiger partial charge in [-0.25, -0.2) is 9.18 Å². The van der Waals surface area contributed by atoms with E-state index in [4.69, 9.17) is 4.74 Å². The van der Waals surface area contributed by atoms with E-state index in [9.17, 15) is 14.0 Å². The molecule has 5 nitrogen and oxygen atoms in total. The first-order valence-corrected chi connectivity index (χ1v) is 13.0. The lowest BCUT2D eigenvalue weighted by Crippen LogP contribution is -2.37. The molecule has 0 radical (unpaired) electrons. The van der Waals surface area contributed by atoms with E-state index in [1.165, 1.54) is 6.08 Å². The number of alkyl halides is 1. The fraction of sp³-hybridized carbons (Fsp3) is 0.467. The van der Waals surface area contributed by atoms with Gasteiger partial charge in [0.05, 0.1) is 17.9 Å². The molecule has 36 heavy (non-hydrogen) atoms. The van der Waals surface area contributed by atoms with E-state index in [1.807, 2.05) is 58.0 Å². The minimum atomic E-state index is -0.425. The quantitative estimate of drug-likeness (QED) is 0.193. The van der Waals surface area contributed by atoms with Crippen molar-refractivity contribution in [1.29, 1.82) is 0 Å². The molecule has 1 amide bonds. The van der Waals surface area contributed by atoms with Crippen LogP contribution in [0.15, 0.2) is 60.8 Å². The van der Waals surface area contributed by atoms with Crippen LogP contribution in [0.3, 0.4) is 0 Å². The van der Waals surface area contributed by atoms with Crippen molar-refractivity contribution < 1.29 is 18.7 Å². The number of aromatic nitrogens is 1. The van der Waals surface area contributed by atoms with E-state index < -0.39 is 12.6 Å². The summed E-state index contributed by atoms with van der Waals surface area (Å²) >= 11 is 0. The number of halogens is 1. The normalized spacial score (nSPS) is 12.0. The van der Waals surface area contributed by atoms with Crippen LogP contribution in [0.25, 0.3) is 16.5 Å². The smallest absolute Gasteiger partial charge is 0.341 e. The number of esters is 1. The number of ether oxygens (including phenoxy) is 1. The summed E-state index contributed by atoms with van der Waals surface area (Å²) in [7, 11) is 0. The summed E-state index contributed by atoms with van der Waals surface area (Å²) in [5.74, 6) is -0.514. The average molecular weight is 501 g/mol. The predicted octanol–water partition coefficient (Wildman–Crippen LogP) is 8.00. The summed E-state index contributed by atoms with van der Waals surface area (Å²) in [6.45, 7) is 16.8. The van der Waals surface area contributed by atoms with Gasteiger partial charge in [-0.2, -0.15) is 0 Å². The summed E-state index contributed by atoms with van der Waals surface area (Å²) < 4.78 is 16.1. The summed E-state index contributed by atoms with van der Waals surface area (Å²) in [4.78, 5) is 31.2. The van der Waals surface area contributed by atoms with Crippen LogP contribution >= 0.6 is 0 Å². The Morgan fingerprint density at radius 3 is 2.31 bits per heavy atom. The maximum atomic E-state index is 13.2. The number of carbonyl (C=O) groups is 2. The zero-order valence-electron chi connectivity index (χ0n) is 23.2. The molecule has 1 heterocycles. The lowest BCUT2D eigenvalue weighted by Gasteiger charge is -2.29. The molecule has 0 aliphatic heterocycles. The maximum absolute atomic E-state index is 13.2. The molecule has 1 aromatic heterocycles. The number of rotatable bonds is 11. The molecule has 0 bridgehead atoms. The third-order valence-corrected chi connectivity index (χ3v) is 5.35. The summed E-state index contributed by atoms with van der Waals surface area (Å²) in [6.07, 6.45) is 8.05. The number of benzene rings is 1. The number of carbonyl (C=O) groups excluding carboxylic acids is 2. The molecule has 1 atom stereocenters. The third-order valence-electron chi connectivity index (χ3n) is 5.35. The van der Waals surface area contributed by atoms with Gasteiger partial charge in [-0.05, 0) is 45.2 Å². The van der Waals surface area contributed by atoms with Crippen LogP contribution in [0.1, 0.15) is 79.8 Å². The van der Waals surface area contributed by atoms with Crippen LogP contribution in [0, 0.1) is 0 Å². The van der Waals surface area contributed by atoms with Crippen molar-refractivity contribution in [3.63, 3.8) is 0 Å². The van der Waals surface area contributed by atoms with Gasteiger partial charge in [0, 0.05) is 28.7 Å². The molecule has 1 unspecified atom stereocenters.